The molecule has 2 fully saturated rings. The lowest BCUT2D eigenvalue weighted by Gasteiger charge is -2.22. The van der Waals surface area contributed by atoms with Crippen molar-refractivity contribution in [3.8, 4) is 28.2 Å². The molecule has 131 heavy (non-hydrogen) atoms. The second-order valence-corrected chi connectivity index (χ2v) is 33.9. The van der Waals surface area contributed by atoms with Gasteiger partial charge in [-0.25, -0.2) is 32.6 Å². The van der Waals surface area contributed by atoms with Gasteiger partial charge < -0.3 is 127 Å². The number of hydrogen-bond donors (Lipinski definition) is 12. The van der Waals surface area contributed by atoms with E-state index in [2.05, 4.69) is 20.6 Å². The summed E-state index contributed by atoms with van der Waals surface area (Å²) < 4.78 is 176. The maximum Gasteiger partial charge on any atom is 0.472 e. The molecule has 13 N–H and O–H groups in total. The van der Waals surface area contributed by atoms with Gasteiger partial charge >= 0.3 is 48.6 Å². The van der Waals surface area contributed by atoms with Gasteiger partial charge in [0.05, 0.1) is 229 Å². The molecule has 0 saturated carbocycles. The number of nitrogens with zero attached hydrogens (tertiary/aromatic N) is 3. The zero-order chi connectivity index (χ0) is 94.3. The van der Waals surface area contributed by atoms with Crippen LogP contribution in [0.1, 0.15) is 77.3 Å². The number of phosphoric acid groups is 4. The molecular formula is C78H113N7O42P4. The van der Waals surface area contributed by atoms with Gasteiger partial charge in [-0.2, -0.15) is 4.98 Å². The Kier molecular flexibility index (Phi) is 48.5. The van der Waals surface area contributed by atoms with E-state index in [0.717, 1.165) is 27.5 Å². The van der Waals surface area contributed by atoms with Gasteiger partial charge in [-0.15, -0.1) is 0 Å². The van der Waals surface area contributed by atoms with Crippen LogP contribution < -0.4 is 38.7 Å². The van der Waals surface area contributed by atoms with Crippen LogP contribution in [0.5, 0.6) is 5.75 Å². The number of nitrogen functional groups attached to an aromatic ring is 1. The summed E-state index contributed by atoms with van der Waals surface area (Å²) in [5.74, 6) is -2.41. The fourth-order valence-electron chi connectivity index (χ4n) is 12.3. The lowest BCUT2D eigenvalue weighted by molar-refractivity contribution is -0.116. The first kappa shape index (κ1) is 109. The molecule has 10 atom stereocenters. The number of phosphoric ester groups is 4. The predicted molar refractivity (Wildman–Crippen MR) is 456 cm³/mol. The van der Waals surface area contributed by atoms with Gasteiger partial charge in [0.1, 0.15) is 53.7 Å². The molecule has 2 amide bonds. The van der Waals surface area contributed by atoms with Crippen molar-refractivity contribution >= 4 is 71.9 Å². The van der Waals surface area contributed by atoms with Crippen molar-refractivity contribution in [2.75, 3.05) is 230 Å². The van der Waals surface area contributed by atoms with E-state index in [1.165, 1.54) is 60.8 Å². The van der Waals surface area contributed by atoms with Crippen molar-refractivity contribution in [1.29, 1.82) is 0 Å². The number of unbranched alkanes of at least 4 members (excludes halogenated alkanes) is 3. The number of aromatic carboxylic acids is 1. The van der Waals surface area contributed by atoms with Crippen LogP contribution in [0.2, 0.25) is 0 Å². The normalized spacial score (nSPS) is 18.3. The number of amides is 2. The van der Waals surface area contributed by atoms with Gasteiger partial charge in [-0.05, 0) is 73.0 Å². The summed E-state index contributed by atoms with van der Waals surface area (Å²) in [7, 11) is -19.1. The average molecular weight is 1940 g/mol. The molecule has 0 bridgehead atoms. The minimum atomic E-state index is -5.10. The van der Waals surface area contributed by atoms with Gasteiger partial charge in [0, 0.05) is 78.6 Å². The Balaban J connectivity index is 0.706. The smallest absolute Gasteiger partial charge is 0.472 e. The van der Waals surface area contributed by atoms with E-state index in [9.17, 15) is 86.7 Å². The van der Waals surface area contributed by atoms with Crippen LogP contribution in [-0.4, -0.2) is 326 Å². The second kappa shape index (κ2) is 58.5. The van der Waals surface area contributed by atoms with Crippen molar-refractivity contribution in [1.82, 2.24) is 29.7 Å². The van der Waals surface area contributed by atoms with E-state index >= 15 is 0 Å². The number of nitrogens with one attached hydrogen (secondary N) is 3. The highest BCUT2D eigenvalue weighted by atomic mass is 31.2. The van der Waals surface area contributed by atoms with E-state index in [4.69, 9.17) is 118 Å². The van der Waals surface area contributed by atoms with Crippen molar-refractivity contribution in [3.05, 3.63) is 137 Å². The van der Waals surface area contributed by atoms with Gasteiger partial charge in [0.25, 0.3) is 11.5 Å². The van der Waals surface area contributed by atoms with Crippen molar-refractivity contribution in [2.24, 2.45) is 0 Å². The number of phenolic OH excluding ortho intramolecular Hbond substituents is 1. The van der Waals surface area contributed by atoms with Gasteiger partial charge in [-0.1, -0.05) is 12.8 Å². The Labute approximate surface area is 749 Å². The third-order valence-electron chi connectivity index (χ3n) is 18.5. The number of H-pyrrole nitrogens is 1. The molecule has 4 aliphatic rings. The zero-order valence-corrected chi connectivity index (χ0v) is 75.1. The van der Waals surface area contributed by atoms with E-state index < -0.39 is 142 Å². The largest absolute Gasteiger partial charge is 0.508 e. The van der Waals surface area contributed by atoms with Gasteiger partial charge in [0.15, 0.2) is 5.43 Å². The highest BCUT2D eigenvalue weighted by Gasteiger charge is 2.44. The monoisotopic (exact) mass is 1940 g/mol. The Bertz CT molecular complexity index is 4930. The van der Waals surface area contributed by atoms with E-state index in [1.54, 1.807) is 6.07 Å². The lowest BCUT2D eigenvalue weighted by Crippen LogP contribution is -2.33. The molecule has 2 aromatic carbocycles. The predicted octanol–water partition coefficient (Wildman–Crippen LogP) is 2.81. The molecule has 4 unspecified atom stereocenters. The lowest BCUT2D eigenvalue weighted by atomic mass is 9.89. The number of carbonyl (C=O) groups excluding carboxylic acids is 2. The van der Waals surface area contributed by atoms with Gasteiger partial charge in [0.2, 0.25) is 5.91 Å². The van der Waals surface area contributed by atoms with E-state index in [-0.39, 0.29) is 209 Å². The number of aromatic amines is 1. The molecule has 49 nitrogen and oxygen atoms in total. The van der Waals surface area contributed by atoms with Crippen LogP contribution in [0.3, 0.4) is 0 Å². The first-order valence-corrected chi connectivity index (χ1v) is 47.5. The first-order valence-electron chi connectivity index (χ1n) is 41.6. The SMILES string of the molecule is Nc1ccn([C@H]2C[C@@H](O)[C@@H](COP(=O)(O)OCCOCCOCCOP(=O)(O)O[C@@H]3C[C@H](n4cc(C=CC(=O)NCCCCCCNC(=O)c5ccc(C(=O)O)c(-c6c7ccc(=O)cc-7oc7cc(O)ccc67)c5)c(=O)[nH]c4=O)O[C@@H]3COP(=O)(O)OCCOCCOCCOCCOCCOCCOP(=O)(O)OCCOCCOCCOCCOCCOCCO)O2)c(=O)n1. The fourth-order valence-corrected chi connectivity index (χ4v) is 15.3. The molecule has 3 aliphatic heterocycles. The highest BCUT2D eigenvalue weighted by Crippen LogP contribution is 2.51. The number of anilines is 1. The van der Waals surface area contributed by atoms with Crippen LogP contribution in [0, 0.1) is 0 Å². The second-order valence-electron chi connectivity index (χ2n) is 28.1. The molecule has 732 valence electrons. The molecule has 4 aromatic rings. The summed E-state index contributed by atoms with van der Waals surface area (Å²) in [5, 5.41) is 45.5. The number of phenols is 1. The molecule has 0 spiro atoms. The van der Waals surface area contributed by atoms with Crippen LogP contribution in [0.25, 0.3) is 39.5 Å². The van der Waals surface area contributed by atoms with Gasteiger partial charge in [-0.3, -0.25) is 69.5 Å². The standard InChI is InChI=1S/C78H113N7O42P4/c79-69-13-16-84(77(95)82-69)71-50-63(89)67(125-71)53-122-129(99,100)119-44-39-115-35-36-116-41-46-121-131(103,104)127-66-51-72(126-68(66)54-123-130(101,102)120-45-40-114-34-31-111-28-25-108-24-27-110-30-33-113-38-43-118-128(97,98)117-42-37-112-32-29-109-26-23-107-22-21-106-20-19-105-18-17-86)85-52-56(75(92)83-78(85)96)6-12-70(90)80-14-3-1-2-4-15-81-74(91)55-5-9-59(76(93)94)62(47-55)73-60-10-7-57(87)48-64(60)124-65-49-58(88)8-11-61(65)73/h5-13,16,47-49,52,63,66-68,71-72,86-87,89H,1-4,14-15,17-46,50-51,53-54H2,(H,80,90)(H,81,91)(H,93,94)(H,97,98)(H,99,100)(H,101,102)(H,103,104)(H2,79,82,95)(H,83,92,96)/t63-,66-,67-,68-,71-,72-/m1/s1. The number of fused-ring (bicyclic) bond motifs is 2. The molecule has 8 rings (SSSR count). The first-order chi connectivity index (χ1) is 63.0. The van der Waals surface area contributed by atoms with Crippen molar-refractivity contribution < 1.29 is 180 Å². The number of rotatable bonds is 71. The highest BCUT2D eigenvalue weighted by molar-refractivity contribution is 7.48. The molecule has 0 radical (unpaired) electrons. The summed E-state index contributed by atoms with van der Waals surface area (Å²) in [6, 6.07) is 13.8. The third-order valence-corrected chi connectivity index (χ3v) is 22.5. The van der Waals surface area contributed by atoms with Crippen LogP contribution >= 0.6 is 31.3 Å². The molecule has 2 saturated heterocycles. The molecule has 1 aliphatic carbocycles. The number of aliphatic hydroxyl groups is 2. The van der Waals surface area contributed by atoms with E-state index in [0.29, 0.717) is 81.8 Å². The minimum absolute atomic E-state index is 0.00936. The van der Waals surface area contributed by atoms with Crippen LogP contribution in [0.4, 0.5) is 5.82 Å². The Morgan fingerprint density at radius 1 is 0.527 bits per heavy atom. The molecule has 2 aromatic heterocycles. The zero-order valence-electron chi connectivity index (χ0n) is 71.5. The summed E-state index contributed by atoms with van der Waals surface area (Å²) in [6.07, 6.45) is -1.54. The number of aliphatic hydroxyl groups excluding tert-OH is 2. The van der Waals surface area contributed by atoms with Crippen LogP contribution in [-0.2, 0) is 126 Å². The number of aromatic hydroxyl groups is 1. The molecular weight excluding hydrogens is 1830 g/mol. The third kappa shape index (κ3) is 40.8. The topological polar surface area (TPSA) is 654 Å². The fraction of sp³-hybridized carbons (Fsp3) is 0.590. The van der Waals surface area contributed by atoms with Crippen molar-refractivity contribution in [2.45, 2.75) is 75.4 Å². The number of carboxylic acids is 1. The Morgan fingerprint density at radius 3 is 1.50 bits per heavy atom. The quantitative estimate of drug-likeness (QED) is 0.0113. The van der Waals surface area contributed by atoms with Crippen LogP contribution in [0.15, 0.2) is 103 Å². The summed E-state index contributed by atoms with van der Waals surface area (Å²) in [6.45, 7) is 0.448. The summed E-state index contributed by atoms with van der Waals surface area (Å²) in [4.78, 5) is 137. The molecule has 53 heteroatoms. The molecule has 5 heterocycles. The Morgan fingerprint density at radius 2 is 0.992 bits per heavy atom. The number of hydrogen-bond acceptors (Lipinski definition) is 39. The Hall–Kier alpha value is -7.76. The maximum atomic E-state index is 13.5. The summed E-state index contributed by atoms with van der Waals surface area (Å²) >= 11 is 0. The maximum absolute atomic E-state index is 13.5. The number of carbonyl (C=O) groups is 3. The number of carboxylic acid groups (broad SMARTS) is 1. The number of ether oxygens (including phenoxy) is 14. The number of benzene rings is 3. The number of aromatic nitrogens is 4. The number of nitrogens with two attached hydrogens (primary N) is 1. The summed E-state index contributed by atoms with van der Waals surface area (Å²) in [5.41, 5.74) is 3.36. The van der Waals surface area contributed by atoms with Crippen molar-refractivity contribution in [3.63, 3.8) is 0 Å². The van der Waals surface area contributed by atoms with E-state index in [1.807, 2.05) is 0 Å². The minimum Gasteiger partial charge on any atom is -0.508 e. The average Bonchev–Trinajstić information content (AvgIpc) is 1.44.